The lowest BCUT2D eigenvalue weighted by Gasteiger charge is -2.12. The number of aryl methyl sites for hydroxylation is 1. The minimum atomic E-state index is -0.235. The van der Waals surface area contributed by atoms with Crippen molar-refractivity contribution in [3.05, 3.63) is 87.4 Å². The zero-order chi connectivity index (χ0) is 20.8. The Morgan fingerprint density at radius 2 is 1.79 bits per heavy atom. The van der Waals surface area contributed by atoms with Crippen molar-refractivity contribution in [3.63, 3.8) is 0 Å². The van der Waals surface area contributed by atoms with Gasteiger partial charge in [-0.3, -0.25) is 4.79 Å². The van der Waals surface area contributed by atoms with Crippen LogP contribution in [0.5, 0.6) is 5.75 Å². The molecule has 0 bridgehead atoms. The molecule has 0 atom stereocenters. The van der Waals surface area contributed by atoms with Gasteiger partial charge in [0.2, 0.25) is 0 Å². The van der Waals surface area contributed by atoms with Crippen LogP contribution in [-0.4, -0.2) is 12.5 Å². The molecule has 1 amide bonds. The van der Waals surface area contributed by atoms with Crippen molar-refractivity contribution >= 4 is 40.5 Å². The zero-order valence-electron chi connectivity index (χ0n) is 16.3. The van der Waals surface area contributed by atoms with E-state index in [0.29, 0.717) is 22.3 Å². The second-order valence-electron chi connectivity index (χ2n) is 6.71. The molecular formula is C23H22Cl2N2O2. The molecule has 3 aromatic carbocycles. The summed E-state index contributed by atoms with van der Waals surface area (Å²) < 4.78 is 5.59. The third-order valence-corrected chi connectivity index (χ3v) is 5.09. The van der Waals surface area contributed by atoms with Gasteiger partial charge in [-0.2, -0.15) is 0 Å². The summed E-state index contributed by atoms with van der Waals surface area (Å²) in [4.78, 5) is 12.2. The number of carbonyl (C=O) groups excluding carboxylic acids is 1. The van der Waals surface area contributed by atoms with E-state index < -0.39 is 0 Å². The molecule has 0 aliphatic carbocycles. The fourth-order valence-electron chi connectivity index (χ4n) is 2.79. The van der Waals surface area contributed by atoms with Gasteiger partial charge in [0.15, 0.2) is 6.61 Å². The average Bonchev–Trinajstić information content (AvgIpc) is 2.69. The molecule has 0 radical (unpaired) electrons. The Morgan fingerprint density at radius 3 is 2.55 bits per heavy atom. The maximum absolute atomic E-state index is 12.2. The first kappa shape index (κ1) is 21.0. The van der Waals surface area contributed by atoms with Gasteiger partial charge >= 0.3 is 0 Å². The number of hydrogen-bond donors (Lipinski definition) is 2. The van der Waals surface area contributed by atoms with Crippen molar-refractivity contribution in [1.29, 1.82) is 0 Å². The van der Waals surface area contributed by atoms with Gasteiger partial charge in [0.25, 0.3) is 5.91 Å². The molecule has 0 saturated heterocycles. The summed E-state index contributed by atoms with van der Waals surface area (Å²) in [7, 11) is 0. The van der Waals surface area contributed by atoms with E-state index in [-0.39, 0.29) is 12.5 Å². The number of carbonyl (C=O) groups is 1. The molecule has 0 spiro atoms. The Hall–Kier alpha value is -2.69. The highest BCUT2D eigenvalue weighted by atomic mass is 35.5. The Kier molecular flexibility index (Phi) is 7.02. The second-order valence-corrected chi connectivity index (χ2v) is 7.56. The van der Waals surface area contributed by atoms with Gasteiger partial charge < -0.3 is 15.4 Å². The van der Waals surface area contributed by atoms with Gasteiger partial charge in [0, 0.05) is 22.9 Å². The molecule has 4 nitrogen and oxygen atoms in total. The molecule has 0 heterocycles. The van der Waals surface area contributed by atoms with Crippen molar-refractivity contribution in [2.45, 2.75) is 20.4 Å². The van der Waals surface area contributed by atoms with Gasteiger partial charge in [-0.05, 0) is 66.9 Å². The number of halogens is 2. The molecule has 0 aliphatic rings. The quantitative estimate of drug-likeness (QED) is 0.468. The molecule has 6 heteroatoms. The molecule has 2 N–H and O–H groups in total. The highest BCUT2D eigenvalue weighted by Crippen LogP contribution is 2.26. The van der Waals surface area contributed by atoms with Crippen molar-refractivity contribution in [2.75, 3.05) is 17.2 Å². The first-order chi connectivity index (χ1) is 13.9. The van der Waals surface area contributed by atoms with Crippen molar-refractivity contribution < 1.29 is 9.53 Å². The lowest BCUT2D eigenvalue weighted by Crippen LogP contribution is -2.20. The van der Waals surface area contributed by atoms with Crippen molar-refractivity contribution in [1.82, 2.24) is 0 Å². The van der Waals surface area contributed by atoms with Crippen LogP contribution in [0.25, 0.3) is 0 Å². The fraction of sp³-hybridized carbons (Fsp3) is 0.174. The third kappa shape index (κ3) is 5.89. The lowest BCUT2D eigenvalue weighted by atomic mass is 10.1. The number of hydrogen-bond acceptors (Lipinski definition) is 3. The minimum Gasteiger partial charge on any atom is -0.482 e. The number of ether oxygens (including phenoxy) is 1. The Bertz CT molecular complexity index is 1020. The summed E-state index contributed by atoms with van der Waals surface area (Å²) >= 11 is 12.3. The largest absolute Gasteiger partial charge is 0.482 e. The normalized spacial score (nSPS) is 10.5. The number of amides is 1. The van der Waals surface area contributed by atoms with Gasteiger partial charge in [0.05, 0.1) is 5.02 Å². The molecule has 3 rings (SSSR count). The van der Waals surface area contributed by atoms with Crippen molar-refractivity contribution in [2.24, 2.45) is 0 Å². The number of benzene rings is 3. The zero-order valence-corrected chi connectivity index (χ0v) is 17.8. The van der Waals surface area contributed by atoms with E-state index in [4.69, 9.17) is 27.9 Å². The summed E-state index contributed by atoms with van der Waals surface area (Å²) in [5, 5.41) is 7.29. The van der Waals surface area contributed by atoms with Crippen LogP contribution in [0, 0.1) is 13.8 Å². The third-order valence-electron chi connectivity index (χ3n) is 4.56. The van der Waals surface area contributed by atoms with E-state index in [0.717, 1.165) is 28.1 Å². The highest BCUT2D eigenvalue weighted by Gasteiger charge is 2.09. The molecule has 150 valence electrons. The maximum Gasteiger partial charge on any atom is 0.262 e. The average molecular weight is 429 g/mol. The Morgan fingerprint density at radius 1 is 1.00 bits per heavy atom. The van der Waals surface area contributed by atoms with Crippen LogP contribution in [0.3, 0.4) is 0 Å². The molecule has 0 aliphatic heterocycles. The molecule has 0 fully saturated rings. The summed E-state index contributed by atoms with van der Waals surface area (Å²) in [6.07, 6.45) is 0. The van der Waals surface area contributed by atoms with E-state index in [1.165, 1.54) is 0 Å². The number of rotatable bonds is 7. The van der Waals surface area contributed by atoms with Gasteiger partial charge in [-0.1, -0.05) is 47.5 Å². The van der Waals surface area contributed by atoms with E-state index >= 15 is 0 Å². The summed E-state index contributed by atoms with van der Waals surface area (Å²) in [5.74, 6) is 0.232. The lowest BCUT2D eigenvalue weighted by molar-refractivity contribution is -0.118. The predicted molar refractivity (Wildman–Crippen MR) is 120 cm³/mol. The van der Waals surface area contributed by atoms with Crippen LogP contribution in [0.4, 0.5) is 11.4 Å². The molecule has 3 aromatic rings. The first-order valence-corrected chi connectivity index (χ1v) is 9.94. The van der Waals surface area contributed by atoms with Gasteiger partial charge in [-0.25, -0.2) is 0 Å². The monoisotopic (exact) mass is 428 g/mol. The topological polar surface area (TPSA) is 50.4 Å². The Balaban J connectivity index is 1.55. The first-order valence-electron chi connectivity index (χ1n) is 9.19. The van der Waals surface area contributed by atoms with Crippen LogP contribution < -0.4 is 15.4 Å². The summed E-state index contributed by atoms with van der Waals surface area (Å²) in [6, 6.07) is 18.8. The standard InChI is InChI=1S/C23H22Cl2N2O2/c1-15-5-3-8-21(16(15)2)27-23(28)14-29-22-10-9-17(11-20(22)25)13-26-19-7-4-6-18(24)12-19/h3-12,26H,13-14H2,1-2H3,(H,27,28). The molecule has 0 aromatic heterocycles. The van der Waals surface area contributed by atoms with E-state index in [1.54, 1.807) is 6.07 Å². The Labute approximate surface area is 180 Å². The summed E-state index contributed by atoms with van der Waals surface area (Å²) in [6.45, 7) is 4.45. The van der Waals surface area contributed by atoms with Crippen molar-refractivity contribution in [3.8, 4) is 5.75 Å². The summed E-state index contributed by atoms with van der Waals surface area (Å²) in [5.41, 5.74) is 4.86. The van der Waals surface area contributed by atoms with E-state index in [2.05, 4.69) is 10.6 Å². The van der Waals surface area contributed by atoms with Gasteiger partial charge in [-0.15, -0.1) is 0 Å². The predicted octanol–water partition coefficient (Wildman–Crippen LogP) is 6.24. The highest BCUT2D eigenvalue weighted by molar-refractivity contribution is 6.32. The van der Waals surface area contributed by atoms with E-state index in [1.807, 2.05) is 68.4 Å². The number of nitrogens with one attached hydrogen (secondary N) is 2. The van der Waals surface area contributed by atoms with Crippen LogP contribution in [-0.2, 0) is 11.3 Å². The van der Waals surface area contributed by atoms with Crippen LogP contribution >= 0.6 is 23.2 Å². The molecule has 29 heavy (non-hydrogen) atoms. The van der Waals surface area contributed by atoms with Crippen LogP contribution in [0.2, 0.25) is 10.0 Å². The molecule has 0 saturated carbocycles. The van der Waals surface area contributed by atoms with E-state index in [9.17, 15) is 4.79 Å². The second kappa shape index (κ2) is 9.68. The molecule has 0 unspecified atom stereocenters. The van der Waals surface area contributed by atoms with Crippen LogP contribution in [0.1, 0.15) is 16.7 Å². The SMILES string of the molecule is Cc1cccc(NC(=O)COc2ccc(CNc3cccc(Cl)c3)cc2Cl)c1C. The smallest absolute Gasteiger partial charge is 0.262 e. The number of anilines is 2. The maximum atomic E-state index is 12.2. The fourth-order valence-corrected chi connectivity index (χ4v) is 3.24. The van der Waals surface area contributed by atoms with Crippen LogP contribution in [0.15, 0.2) is 60.7 Å². The molecular weight excluding hydrogens is 407 g/mol. The minimum absolute atomic E-state index is 0.118. The van der Waals surface area contributed by atoms with Gasteiger partial charge in [0.1, 0.15) is 5.75 Å².